The van der Waals surface area contributed by atoms with Crippen LogP contribution in [0.25, 0.3) is 0 Å². The van der Waals surface area contributed by atoms with Gasteiger partial charge in [0.05, 0.1) is 0 Å². The molecule has 0 unspecified atom stereocenters. The van der Waals surface area contributed by atoms with Crippen molar-refractivity contribution in [3.63, 3.8) is 0 Å². The fourth-order valence-corrected chi connectivity index (χ4v) is 1.08. The monoisotopic (exact) mass is 432 g/mol. The minimum absolute atomic E-state index is 0.238. The van der Waals surface area contributed by atoms with Gasteiger partial charge in [0.2, 0.25) is 0 Å². The summed E-state index contributed by atoms with van der Waals surface area (Å²) in [5, 5.41) is 0. The highest BCUT2D eigenvalue weighted by molar-refractivity contribution is 15.0. The third kappa shape index (κ3) is 6.34. The molecule has 0 heterocycles. The maximum absolute atomic E-state index is 10.5. The van der Waals surface area contributed by atoms with Crippen molar-refractivity contribution in [2.75, 3.05) is 0 Å². The van der Waals surface area contributed by atoms with Gasteiger partial charge >= 0.3 is 5.97 Å². The molecule has 1 aromatic rings. The number of carbonyl (C=O) groups excluding carboxylic acids is 1. The third-order valence-electron chi connectivity index (χ3n) is 2.01. The standard InChI is InChI=1S/C11H14O2.I2/c1-8-4-5-11(6-9(8)2)7-13-10(3)12;1-2/h4-6H,7H2,1-3H3;. The predicted octanol–water partition coefficient (Wildman–Crippen LogP) is 4.14. The zero-order valence-corrected chi connectivity index (χ0v) is 13.3. The quantitative estimate of drug-likeness (QED) is 0.519. The number of aryl methyl sites for hydroxylation is 2. The molecule has 84 valence electrons. The first kappa shape index (κ1) is 15.2. The summed E-state index contributed by atoms with van der Waals surface area (Å²) in [5.74, 6) is -0.238. The molecule has 0 aliphatic rings. The molecular formula is C11H14I2O2. The Hall–Kier alpha value is 0.150. The molecule has 0 saturated carbocycles. The topological polar surface area (TPSA) is 26.3 Å². The molecule has 2 nitrogen and oxygen atoms in total. The van der Waals surface area contributed by atoms with E-state index in [1.807, 2.05) is 25.1 Å². The average molecular weight is 432 g/mol. The van der Waals surface area contributed by atoms with Crippen LogP contribution in [0.2, 0.25) is 0 Å². The van der Waals surface area contributed by atoms with Crippen molar-refractivity contribution in [2.45, 2.75) is 27.4 Å². The largest absolute Gasteiger partial charge is 0.461 e. The summed E-state index contributed by atoms with van der Waals surface area (Å²) in [5.41, 5.74) is 3.52. The van der Waals surface area contributed by atoms with E-state index in [9.17, 15) is 4.79 Å². The normalized spacial score (nSPS) is 8.87. The Balaban J connectivity index is 0.000000921. The molecule has 0 aliphatic heterocycles. The van der Waals surface area contributed by atoms with Gasteiger partial charge in [-0.25, -0.2) is 0 Å². The van der Waals surface area contributed by atoms with Gasteiger partial charge < -0.3 is 4.74 Å². The van der Waals surface area contributed by atoms with E-state index in [1.165, 1.54) is 18.1 Å². The van der Waals surface area contributed by atoms with Gasteiger partial charge in [-0.3, -0.25) is 4.79 Å². The van der Waals surface area contributed by atoms with Crippen LogP contribution in [0.15, 0.2) is 18.2 Å². The lowest BCUT2D eigenvalue weighted by Gasteiger charge is -2.04. The van der Waals surface area contributed by atoms with Crippen molar-refractivity contribution in [3.05, 3.63) is 34.9 Å². The van der Waals surface area contributed by atoms with E-state index in [0.717, 1.165) is 5.56 Å². The van der Waals surface area contributed by atoms with Crippen LogP contribution in [0.1, 0.15) is 23.6 Å². The lowest BCUT2D eigenvalue weighted by atomic mass is 10.1. The number of hydrogen-bond donors (Lipinski definition) is 0. The molecule has 0 N–H and O–H groups in total. The molecule has 0 aliphatic carbocycles. The Morgan fingerprint density at radius 1 is 1.27 bits per heavy atom. The zero-order chi connectivity index (χ0) is 11.8. The van der Waals surface area contributed by atoms with Crippen molar-refractivity contribution in [1.82, 2.24) is 0 Å². The minimum Gasteiger partial charge on any atom is -0.461 e. The maximum atomic E-state index is 10.5. The Morgan fingerprint density at radius 3 is 2.33 bits per heavy atom. The van der Waals surface area contributed by atoms with Crippen LogP contribution < -0.4 is 0 Å². The van der Waals surface area contributed by atoms with Gasteiger partial charge in [-0.05, 0) is 30.5 Å². The molecule has 15 heavy (non-hydrogen) atoms. The summed E-state index contributed by atoms with van der Waals surface area (Å²) in [6, 6.07) is 6.05. The summed E-state index contributed by atoms with van der Waals surface area (Å²) in [6.07, 6.45) is 0. The summed E-state index contributed by atoms with van der Waals surface area (Å²) in [6.45, 7) is 5.90. The van der Waals surface area contributed by atoms with Crippen LogP contribution in [0.4, 0.5) is 0 Å². The number of esters is 1. The lowest BCUT2D eigenvalue weighted by Crippen LogP contribution is -1.99. The molecule has 0 atom stereocenters. The van der Waals surface area contributed by atoms with Crippen molar-refractivity contribution >= 4 is 43.2 Å². The van der Waals surface area contributed by atoms with Gasteiger partial charge in [0.15, 0.2) is 0 Å². The second-order valence-electron chi connectivity index (χ2n) is 3.20. The van der Waals surface area contributed by atoms with Crippen LogP contribution in [0, 0.1) is 13.8 Å². The van der Waals surface area contributed by atoms with Gasteiger partial charge in [-0.2, -0.15) is 0 Å². The summed E-state index contributed by atoms with van der Waals surface area (Å²) in [7, 11) is 0. The van der Waals surface area contributed by atoms with E-state index < -0.39 is 0 Å². The Bertz CT molecular complexity index is 324. The van der Waals surface area contributed by atoms with Gasteiger partial charge in [0.1, 0.15) is 6.61 Å². The molecule has 0 bridgehead atoms. The number of ether oxygens (including phenoxy) is 1. The number of carbonyl (C=O) groups is 1. The second kappa shape index (κ2) is 8.32. The van der Waals surface area contributed by atoms with Gasteiger partial charge in [-0.1, -0.05) is 18.2 Å². The van der Waals surface area contributed by atoms with Crippen LogP contribution in [0.3, 0.4) is 0 Å². The van der Waals surface area contributed by atoms with Crippen LogP contribution in [-0.2, 0) is 16.1 Å². The average Bonchev–Trinajstić information content (AvgIpc) is 2.23. The molecule has 0 aromatic heterocycles. The summed E-state index contributed by atoms with van der Waals surface area (Å²) >= 11 is 4.24. The number of halogens is 2. The van der Waals surface area contributed by atoms with E-state index in [0.29, 0.717) is 6.61 Å². The van der Waals surface area contributed by atoms with Crippen LogP contribution in [0.5, 0.6) is 0 Å². The first-order chi connectivity index (χ1) is 7.09. The van der Waals surface area contributed by atoms with Crippen LogP contribution >= 0.6 is 37.2 Å². The van der Waals surface area contributed by atoms with Crippen molar-refractivity contribution in [1.29, 1.82) is 0 Å². The van der Waals surface area contributed by atoms with Crippen LogP contribution in [-0.4, -0.2) is 5.97 Å². The zero-order valence-electron chi connectivity index (χ0n) is 9.01. The first-order valence-electron chi connectivity index (χ1n) is 4.43. The molecule has 0 amide bonds. The van der Waals surface area contributed by atoms with E-state index in [4.69, 9.17) is 4.74 Å². The van der Waals surface area contributed by atoms with E-state index in [1.54, 1.807) is 0 Å². The molecular weight excluding hydrogens is 418 g/mol. The Morgan fingerprint density at radius 2 is 1.87 bits per heavy atom. The van der Waals surface area contributed by atoms with E-state index in [-0.39, 0.29) is 5.97 Å². The van der Waals surface area contributed by atoms with E-state index in [2.05, 4.69) is 44.2 Å². The molecule has 0 spiro atoms. The fraction of sp³-hybridized carbons (Fsp3) is 0.364. The lowest BCUT2D eigenvalue weighted by molar-refractivity contribution is -0.142. The smallest absolute Gasteiger partial charge is 0.302 e. The minimum atomic E-state index is -0.238. The first-order valence-corrected chi connectivity index (χ1v) is 10.7. The predicted molar refractivity (Wildman–Crippen MR) is 79.4 cm³/mol. The molecule has 0 saturated heterocycles. The van der Waals surface area contributed by atoms with E-state index >= 15 is 0 Å². The molecule has 0 radical (unpaired) electrons. The molecule has 1 aromatic carbocycles. The number of hydrogen-bond acceptors (Lipinski definition) is 2. The highest BCUT2D eigenvalue weighted by Gasteiger charge is 1.98. The Kier molecular flexibility index (Phi) is 8.40. The molecule has 4 heteroatoms. The summed E-state index contributed by atoms with van der Waals surface area (Å²) in [4.78, 5) is 10.5. The highest BCUT2D eigenvalue weighted by atomic mass is 128. The van der Waals surface area contributed by atoms with Crippen molar-refractivity contribution in [2.24, 2.45) is 0 Å². The highest BCUT2D eigenvalue weighted by Crippen LogP contribution is 2.10. The Labute approximate surface area is 114 Å². The third-order valence-corrected chi connectivity index (χ3v) is 2.01. The maximum Gasteiger partial charge on any atom is 0.302 e. The van der Waals surface area contributed by atoms with Gasteiger partial charge in [-0.15, -0.1) is 0 Å². The van der Waals surface area contributed by atoms with Crippen molar-refractivity contribution in [3.8, 4) is 0 Å². The SMILES string of the molecule is CC(=O)OCc1ccc(C)c(C)c1.II. The van der Waals surface area contributed by atoms with Crippen molar-refractivity contribution < 1.29 is 9.53 Å². The molecule has 0 fully saturated rings. The van der Waals surface area contributed by atoms with Gasteiger partial charge in [0, 0.05) is 44.2 Å². The number of benzene rings is 1. The second-order valence-corrected chi connectivity index (χ2v) is 3.20. The van der Waals surface area contributed by atoms with Gasteiger partial charge in [0.25, 0.3) is 0 Å². The molecule has 1 rings (SSSR count). The summed E-state index contributed by atoms with van der Waals surface area (Å²) < 4.78 is 4.88. The number of rotatable bonds is 2. The fourth-order valence-electron chi connectivity index (χ4n) is 1.08.